The number of aryl methyl sites for hydroxylation is 1. The van der Waals surface area contributed by atoms with Crippen LogP contribution in [0.25, 0.3) is 11.1 Å². The lowest BCUT2D eigenvalue weighted by molar-refractivity contribution is 1.33. The van der Waals surface area contributed by atoms with Gasteiger partial charge >= 0.3 is 0 Å². The minimum atomic E-state index is 1.02. The second-order valence-corrected chi connectivity index (χ2v) is 5.30. The molecule has 0 N–H and O–H groups in total. The maximum Gasteiger partial charge on any atom is 0.0662 e. The zero-order chi connectivity index (χ0) is 15.4. The monoisotopic (exact) mass is 286 g/mol. The summed E-state index contributed by atoms with van der Waals surface area (Å²) in [7, 11) is 0. The molecule has 2 nitrogen and oxygen atoms in total. The molecule has 3 aromatic rings. The van der Waals surface area contributed by atoms with Crippen LogP contribution < -0.4 is 0 Å². The Bertz CT molecular complexity index is 787. The van der Waals surface area contributed by atoms with Gasteiger partial charge in [0.25, 0.3) is 0 Å². The molecule has 0 unspecified atom stereocenters. The molecule has 0 amide bonds. The van der Waals surface area contributed by atoms with Gasteiger partial charge in [-0.25, -0.2) is 0 Å². The minimum absolute atomic E-state index is 1.02. The van der Waals surface area contributed by atoms with Crippen molar-refractivity contribution in [3.63, 3.8) is 0 Å². The summed E-state index contributed by atoms with van der Waals surface area (Å²) in [6.45, 7) is 4.13. The van der Waals surface area contributed by atoms with E-state index >= 15 is 0 Å². The average Bonchev–Trinajstić information content (AvgIpc) is 2.58. The van der Waals surface area contributed by atoms with Crippen LogP contribution in [-0.2, 0) is 0 Å². The van der Waals surface area contributed by atoms with Gasteiger partial charge < -0.3 is 0 Å². The molecular weight excluding hydrogens is 268 g/mol. The number of aliphatic imine (C=N–C) groups is 1. The molecule has 22 heavy (non-hydrogen) atoms. The van der Waals surface area contributed by atoms with E-state index < -0.39 is 0 Å². The van der Waals surface area contributed by atoms with E-state index in [2.05, 4.69) is 48.3 Å². The average molecular weight is 286 g/mol. The Morgan fingerprint density at radius 2 is 1.64 bits per heavy atom. The van der Waals surface area contributed by atoms with Crippen molar-refractivity contribution in [1.82, 2.24) is 4.98 Å². The van der Waals surface area contributed by atoms with E-state index in [-0.39, 0.29) is 0 Å². The van der Waals surface area contributed by atoms with Gasteiger partial charge in [-0.05, 0) is 48.2 Å². The van der Waals surface area contributed by atoms with Crippen LogP contribution in [0.3, 0.4) is 0 Å². The van der Waals surface area contributed by atoms with Gasteiger partial charge in [0.15, 0.2) is 0 Å². The first-order chi connectivity index (χ1) is 10.7. The minimum Gasteiger partial charge on any atom is -0.264 e. The van der Waals surface area contributed by atoms with E-state index in [1.165, 1.54) is 11.1 Å². The Balaban J connectivity index is 1.88. The van der Waals surface area contributed by atoms with Crippen molar-refractivity contribution in [2.45, 2.75) is 13.8 Å². The second-order valence-electron chi connectivity index (χ2n) is 5.30. The van der Waals surface area contributed by atoms with Crippen molar-refractivity contribution in [2.24, 2.45) is 4.99 Å². The first-order valence-corrected chi connectivity index (χ1v) is 7.36. The standard InChI is InChI=1S/C20H18N2/c1-15-6-3-4-8-20(15)22-16(2)17-9-11-18(12-10-17)19-7-5-13-21-14-19/h3-14H,1-2H3. The third-order valence-corrected chi connectivity index (χ3v) is 3.70. The van der Waals surface area contributed by atoms with E-state index in [1.807, 2.05) is 37.4 Å². The highest BCUT2D eigenvalue weighted by Gasteiger charge is 2.02. The lowest BCUT2D eigenvalue weighted by atomic mass is 10.0. The molecule has 0 aliphatic rings. The molecule has 0 bridgehead atoms. The maximum atomic E-state index is 4.74. The van der Waals surface area contributed by atoms with Gasteiger partial charge in [0.1, 0.15) is 0 Å². The summed E-state index contributed by atoms with van der Waals surface area (Å²) in [5, 5.41) is 0. The van der Waals surface area contributed by atoms with Crippen molar-refractivity contribution in [3.05, 3.63) is 84.2 Å². The van der Waals surface area contributed by atoms with E-state index in [0.29, 0.717) is 0 Å². The van der Waals surface area contributed by atoms with Gasteiger partial charge in [-0.3, -0.25) is 9.98 Å². The molecule has 0 radical (unpaired) electrons. The van der Waals surface area contributed by atoms with Gasteiger partial charge in [0.05, 0.1) is 5.69 Å². The summed E-state index contributed by atoms with van der Waals surface area (Å²) in [6, 6.07) is 20.6. The zero-order valence-corrected chi connectivity index (χ0v) is 12.8. The largest absolute Gasteiger partial charge is 0.264 e. The SMILES string of the molecule is CC(=Nc1ccccc1C)c1ccc(-c2cccnc2)cc1. The molecule has 3 rings (SSSR count). The van der Waals surface area contributed by atoms with Crippen molar-refractivity contribution in [2.75, 3.05) is 0 Å². The fourth-order valence-corrected chi connectivity index (χ4v) is 2.37. The highest BCUT2D eigenvalue weighted by Crippen LogP contribution is 2.21. The summed E-state index contributed by atoms with van der Waals surface area (Å²) in [6.07, 6.45) is 3.67. The first kappa shape index (κ1) is 14.2. The molecule has 0 aliphatic carbocycles. The van der Waals surface area contributed by atoms with E-state index in [9.17, 15) is 0 Å². The second kappa shape index (κ2) is 6.35. The first-order valence-electron chi connectivity index (χ1n) is 7.36. The third-order valence-electron chi connectivity index (χ3n) is 3.70. The van der Waals surface area contributed by atoms with Crippen LogP contribution in [0.1, 0.15) is 18.1 Å². The predicted molar refractivity (Wildman–Crippen MR) is 92.7 cm³/mol. The molecule has 0 atom stereocenters. The summed E-state index contributed by atoms with van der Waals surface area (Å²) in [5.74, 6) is 0. The summed E-state index contributed by atoms with van der Waals surface area (Å²) in [5.41, 5.74) is 6.66. The Morgan fingerprint density at radius 3 is 2.32 bits per heavy atom. The molecule has 1 heterocycles. The quantitative estimate of drug-likeness (QED) is 0.608. The number of benzene rings is 2. The van der Waals surface area contributed by atoms with Crippen LogP contribution in [0.5, 0.6) is 0 Å². The van der Waals surface area contributed by atoms with E-state index in [1.54, 1.807) is 6.20 Å². The molecule has 0 saturated heterocycles. The van der Waals surface area contributed by atoms with Crippen LogP contribution in [0, 0.1) is 6.92 Å². The van der Waals surface area contributed by atoms with Crippen molar-refractivity contribution in [1.29, 1.82) is 0 Å². The van der Waals surface area contributed by atoms with Gasteiger partial charge in [0, 0.05) is 18.1 Å². The molecule has 0 spiro atoms. The van der Waals surface area contributed by atoms with Crippen LogP contribution in [0.15, 0.2) is 78.0 Å². The van der Waals surface area contributed by atoms with E-state index in [4.69, 9.17) is 4.99 Å². The molecular formula is C20H18N2. The fourth-order valence-electron chi connectivity index (χ4n) is 2.37. The van der Waals surface area contributed by atoms with Crippen molar-refractivity contribution in [3.8, 4) is 11.1 Å². The summed E-state index contributed by atoms with van der Waals surface area (Å²) >= 11 is 0. The zero-order valence-electron chi connectivity index (χ0n) is 12.8. The predicted octanol–water partition coefficient (Wildman–Crippen LogP) is 5.20. The van der Waals surface area contributed by atoms with Crippen LogP contribution in [-0.4, -0.2) is 10.7 Å². The van der Waals surface area contributed by atoms with Gasteiger partial charge in [-0.1, -0.05) is 48.5 Å². The Hall–Kier alpha value is -2.74. The maximum absolute atomic E-state index is 4.74. The molecule has 2 aromatic carbocycles. The number of hydrogen-bond acceptors (Lipinski definition) is 2. The number of hydrogen-bond donors (Lipinski definition) is 0. The third kappa shape index (κ3) is 3.12. The Labute approximate surface area is 131 Å². The summed E-state index contributed by atoms with van der Waals surface area (Å²) < 4.78 is 0. The summed E-state index contributed by atoms with van der Waals surface area (Å²) in [4.78, 5) is 8.90. The normalized spacial score (nSPS) is 11.5. The van der Waals surface area contributed by atoms with Gasteiger partial charge in [0.2, 0.25) is 0 Å². The van der Waals surface area contributed by atoms with Gasteiger partial charge in [-0.15, -0.1) is 0 Å². The molecule has 1 aromatic heterocycles. The van der Waals surface area contributed by atoms with Crippen LogP contribution >= 0.6 is 0 Å². The van der Waals surface area contributed by atoms with E-state index in [0.717, 1.165) is 22.5 Å². The lowest BCUT2D eigenvalue weighted by Gasteiger charge is -2.05. The number of aromatic nitrogens is 1. The fraction of sp³-hybridized carbons (Fsp3) is 0.100. The number of para-hydroxylation sites is 1. The van der Waals surface area contributed by atoms with Crippen LogP contribution in [0.2, 0.25) is 0 Å². The van der Waals surface area contributed by atoms with Crippen molar-refractivity contribution < 1.29 is 0 Å². The highest BCUT2D eigenvalue weighted by molar-refractivity contribution is 6.00. The molecule has 108 valence electrons. The Morgan fingerprint density at radius 1 is 0.864 bits per heavy atom. The Kier molecular flexibility index (Phi) is 4.10. The smallest absolute Gasteiger partial charge is 0.0662 e. The highest BCUT2D eigenvalue weighted by atomic mass is 14.7. The number of nitrogens with zero attached hydrogens (tertiary/aromatic N) is 2. The number of rotatable bonds is 3. The van der Waals surface area contributed by atoms with Gasteiger partial charge in [-0.2, -0.15) is 0 Å². The van der Waals surface area contributed by atoms with Crippen molar-refractivity contribution >= 4 is 11.4 Å². The molecule has 0 fully saturated rings. The lowest BCUT2D eigenvalue weighted by Crippen LogP contribution is -1.94. The molecule has 2 heteroatoms. The molecule has 0 saturated carbocycles. The topological polar surface area (TPSA) is 25.2 Å². The van der Waals surface area contributed by atoms with Crippen LogP contribution in [0.4, 0.5) is 5.69 Å². The molecule has 0 aliphatic heterocycles. The number of pyridine rings is 1.